The highest BCUT2D eigenvalue weighted by atomic mass is 32.2. The molecule has 0 fully saturated rings. The summed E-state index contributed by atoms with van der Waals surface area (Å²) in [5.41, 5.74) is 1.55. The largest absolute Gasteiger partial charge is 0.467 e. The van der Waals surface area contributed by atoms with Crippen LogP contribution in [0.15, 0.2) is 34.3 Å². The molecule has 8 nitrogen and oxygen atoms in total. The number of furan rings is 1. The van der Waals surface area contributed by atoms with Crippen molar-refractivity contribution in [2.24, 2.45) is 0 Å². The average molecular weight is 461 g/mol. The number of anilines is 1. The highest BCUT2D eigenvalue weighted by molar-refractivity contribution is 8.00. The highest BCUT2D eigenvalue weighted by Gasteiger charge is 2.28. The number of nitrogens with one attached hydrogen (secondary N) is 1. The minimum atomic E-state index is -0.436. The Kier molecular flexibility index (Phi) is 6.77. The first-order valence-electron chi connectivity index (χ1n) is 10.3. The summed E-state index contributed by atoms with van der Waals surface area (Å²) in [5.74, 6) is 0.222. The van der Waals surface area contributed by atoms with E-state index in [0.717, 1.165) is 37.0 Å². The molecule has 0 spiro atoms. The maximum Gasteiger partial charge on any atom is 0.341 e. The van der Waals surface area contributed by atoms with E-state index in [1.807, 2.05) is 23.6 Å². The van der Waals surface area contributed by atoms with Gasteiger partial charge >= 0.3 is 5.97 Å². The van der Waals surface area contributed by atoms with Gasteiger partial charge in [-0.15, -0.1) is 21.5 Å². The third-order valence-electron chi connectivity index (χ3n) is 5.03. The molecule has 0 bridgehead atoms. The molecule has 0 saturated heterocycles. The number of nitrogens with zero attached hydrogens (tertiary/aromatic N) is 3. The number of esters is 1. The maximum atomic E-state index is 13.0. The van der Waals surface area contributed by atoms with E-state index in [9.17, 15) is 9.59 Å². The number of thioether (sulfide) groups is 1. The zero-order chi connectivity index (χ0) is 21.8. The Hall–Kier alpha value is -2.59. The molecule has 1 amide bonds. The number of hydrogen-bond acceptors (Lipinski definition) is 8. The first kappa shape index (κ1) is 21.6. The van der Waals surface area contributed by atoms with E-state index >= 15 is 0 Å². The predicted octanol–water partition coefficient (Wildman–Crippen LogP) is 4.16. The van der Waals surface area contributed by atoms with Crippen LogP contribution in [-0.4, -0.2) is 38.5 Å². The van der Waals surface area contributed by atoms with Gasteiger partial charge in [0.1, 0.15) is 17.1 Å². The van der Waals surface area contributed by atoms with Gasteiger partial charge in [-0.1, -0.05) is 11.8 Å². The normalized spacial score (nSPS) is 14.1. The molecule has 3 aromatic rings. The summed E-state index contributed by atoms with van der Waals surface area (Å²) in [4.78, 5) is 26.7. The number of ether oxygens (including phenoxy) is 1. The Morgan fingerprint density at radius 2 is 2.23 bits per heavy atom. The van der Waals surface area contributed by atoms with Crippen molar-refractivity contribution in [3.05, 3.63) is 46.5 Å². The van der Waals surface area contributed by atoms with E-state index in [0.29, 0.717) is 28.9 Å². The van der Waals surface area contributed by atoms with E-state index in [-0.39, 0.29) is 11.9 Å². The monoisotopic (exact) mass is 460 g/mol. The molecule has 3 heterocycles. The van der Waals surface area contributed by atoms with Gasteiger partial charge < -0.3 is 19.0 Å². The number of carbonyl (C=O) groups is 2. The summed E-state index contributed by atoms with van der Waals surface area (Å²) in [5, 5.41) is 11.8. The van der Waals surface area contributed by atoms with Gasteiger partial charge in [-0.25, -0.2) is 4.79 Å². The van der Waals surface area contributed by atoms with Crippen LogP contribution in [0.2, 0.25) is 0 Å². The van der Waals surface area contributed by atoms with Crippen molar-refractivity contribution in [3.63, 3.8) is 0 Å². The molecule has 0 saturated carbocycles. The van der Waals surface area contributed by atoms with Crippen LogP contribution in [-0.2, 0) is 28.9 Å². The molecule has 1 aliphatic carbocycles. The Bertz CT molecular complexity index is 1060. The zero-order valence-electron chi connectivity index (χ0n) is 17.4. The van der Waals surface area contributed by atoms with Gasteiger partial charge in [-0.3, -0.25) is 4.79 Å². The first-order valence-corrected chi connectivity index (χ1v) is 12.0. The Morgan fingerprint density at radius 3 is 3.00 bits per heavy atom. The molecule has 3 aromatic heterocycles. The summed E-state index contributed by atoms with van der Waals surface area (Å²) in [6.07, 6.45) is 7.15. The van der Waals surface area contributed by atoms with Gasteiger partial charge in [0.2, 0.25) is 5.91 Å². The van der Waals surface area contributed by atoms with Crippen LogP contribution in [0.5, 0.6) is 0 Å². The lowest BCUT2D eigenvalue weighted by atomic mass is 9.95. The Balaban J connectivity index is 1.48. The first-order chi connectivity index (χ1) is 15.1. The molecule has 0 aliphatic heterocycles. The molecule has 0 radical (unpaired) electrons. The number of amides is 1. The molecule has 1 unspecified atom stereocenters. The predicted molar refractivity (Wildman–Crippen MR) is 119 cm³/mol. The second kappa shape index (κ2) is 9.69. The molecule has 1 atom stereocenters. The number of aryl methyl sites for hydroxylation is 1. The summed E-state index contributed by atoms with van der Waals surface area (Å²) in [6.45, 7) is 4.38. The lowest BCUT2D eigenvalue weighted by molar-refractivity contribution is -0.115. The van der Waals surface area contributed by atoms with Crippen LogP contribution in [0.1, 0.15) is 53.2 Å². The summed E-state index contributed by atoms with van der Waals surface area (Å²) < 4.78 is 12.5. The van der Waals surface area contributed by atoms with E-state index in [2.05, 4.69) is 15.5 Å². The second-order valence-electron chi connectivity index (χ2n) is 7.21. The van der Waals surface area contributed by atoms with Crippen molar-refractivity contribution >= 4 is 40.0 Å². The van der Waals surface area contributed by atoms with Crippen molar-refractivity contribution < 1.29 is 18.7 Å². The number of fused-ring (bicyclic) bond motifs is 1. The Labute approximate surface area is 188 Å². The van der Waals surface area contributed by atoms with Crippen LogP contribution in [0.25, 0.3) is 0 Å². The van der Waals surface area contributed by atoms with Crippen molar-refractivity contribution in [3.8, 4) is 0 Å². The Morgan fingerprint density at radius 1 is 1.39 bits per heavy atom. The molecule has 10 heteroatoms. The molecule has 1 aliphatic rings. The van der Waals surface area contributed by atoms with Gasteiger partial charge in [-0.2, -0.15) is 0 Å². The van der Waals surface area contributed by atoms with E-state index in [1.54, 1.807) is 19.5 Å². The van der Waals surface area contributed by atoms with E-state index < -0.39 is 5.25 Å². The minimum absolute atomic E-state index is 0.193. The molecule has 4 rings (SSSR count). The maximum absolute atomic E-state index is 13.0. The quantitative estimate of drug-likeness (QED) is 0.398. The summed E-state index contributed by atoms with van der Waals surface area (Å²) >= 11 is 2.80. The highest BCUT2D eigenvalue weighted by Crippen LogP contribution is 2.39. The molecule has 164 valence electrons. The smallest absolute Gasteiger partial charge is 0.341 e. The molecule has 1 N–H and O–H groups in total. The van der Waals surface area contributed by atoms with Crippen molar-refractivity contribution in [2.75, 3.05) is 11.9 Å². The fraction of sp³-hybridized carbons (Fsp3) is 0.429. The minimum Gasteiger partial charge on any atom is -0.467 e. The van der Waals surface area contributed by atoms with Crippen LogP contribution < -0.4 is 5.32 Å². The van der Waals surface area contributed by atoms with Gasteiger partial charge in [0, 0.05) is 4.88 Å². The van der Waals surface area contributed by atoms with Crippen LogP contribution in [0.4, 0.5) is 5.00 Å². The standard InChI is InChI=1S/C21H24N4O4S2/c1-3-28-20(27)17-15-8-4-5-9-16(15)31-19(17)23-18(26)13(2)30-21-24-22-12-25(21)11-14-7-6-10-29-14/h6-7,10,12-13H,3-5,8-9,11H2,1-2H3,(H,23,26). The van der Waals surface area contributed by atoms with Crippen LogP contribution in [0, 0.1) is 0 Å². The molecular weight excluding hydrogens is 436 g/mol. The lowest BCUT2D eigenvalue weighted by Crippen LogP contribution is -2.24. The number of rotatable bonds is 8. The molecular formula is C21H24N4O4S2. The SMILES string of the molecule is CCOC(=O)c1c(NC(=O)C(C)Sc2nncn2Cc2ccco2)sc2c1CCCC2. The zero-order valence-corrected chi connectivity index (χ0v) is 19.1. The van der Waals surface area contributed by atoms with Gasteiger partial charge in [0.25, 0.3) is 0 Å². The van der Waals surface area contributed by atoms with E-state index in [1.165, 1.54) is 28.0 Å². The number of aromatic nitrogens is 3. The van der Waals surface area contributed by atoms with Crippen LogP contribution >= 0.6 is 23.1 Å². The van der Waals surface area contributed by atoms with Crippen molar-refractivity contribution in [1.29, 1.82) is 0 Å². The average Bonchev–Trinajstić information content (AvgIpc) is 3.49. The fourth-order valence-corrected chi connectivity index (χ4v) is 5.62. The third-order valence-corrected chi connectivity index (χ3v) is 7.33. The van der Waals surface area contributed by atoms with Crippen LogP contribution in [0.3, 0.4) is 0 Å². The van der Waals surface area contributed by atoms with Crippen molar-refractivity contribution in [1.82, 2.24) is 14.8 Å². The molecule has 0 aromatic carbocycles. The number of thiophene rings is 1. The second-order valence-corrected chi connectivity index (χ2v) is 9.62. The van der Waals surface area contributed by atoms with Gasteiger partial charge in [0.05, 0.1) is 30.2 Å². The fourth-order valence-electron chi connectivity index (χ4n) is 3.51. The topological polar surface area (TPSA) is 99.2 Å². The lowest BCUT2D eigenvalue weighted by Gasteiger charge is -2.13. The summed E-state index contributed by atoms with van der Waals surface area (Å²) in [6, 6.07) is 3.70. The number of hydrogen-bond donors (Lipinski definition) is 1. The summed E-state index contributed by atoms with van der Waals surface area (Å²) in [7, 11) is 0. The van der Waals surface area contributed by atoms with E-state index in [4.69, 9.17) is 9.15 Å². The van der Waals surface area contributed by atoms with Gasteiger partial charge in [-0.05, 0) is 57.2 Å². The number of carbonyl (C=O) groups excluding carboxylic acids is 2. The third kappa shape index (κ3) is 4.85. The van der Waals surface area contributed by atoms with Crippen molar-refractivity contribution in [2.45, 2.75) is 56.5 Å². The van der Waals surface area contributed by atoms with Gasteiger partial charge in [0.15, 0.2) is 5.16 Å². The molecule has 31 heavy (non-hydrogen) atoms.